The minimum absolute atomic E-state index is 0.255. The lowest BCUT2D eigenvalue weighted by atomic mass is 9.92. The van der Waals surface area contributed by atoms with Crippen molar-refractivity contribution in [1.29, 1.82) is 0 Å². The maximum atomic E-state index is 13.6. The SMILES string of the molecule is CCOC(=O)C1=C(C)N=C2SC=C(c3ccc(F)cc3)N2[C@H]1c1cn[nH]c1-c1ccccc1. The Labute approximate surface area is 194 Å². The van der Waals surface area contributed by atoms with Crippen molar-refractivity contribution in [1.82, 2.24) is 15.1 Å². The van der Waals surface area contributed by atoms with Crippen molar-refractivity contribution in [2.45, 2.75) is 19.9 Å². The molecule has 2 aromatic carbocycles. The van der Waals surface area contributed by atoms with Crippen molar-refractivity contribution in [3.63, 3.8) is 0 Å². The van der Waals surface area contributed by atoms with Crippen LogP contribution < -0.4 is 0 Å². The number of carbonyl (C=O) groups is 1. The van der Waals surface area contributed by atoms with Crippen LogP contribution in [0.1, 0.15) is 31.0 Å². The second kappa shape index (κ2) is 8.71. The molecule has 0 radical (unpaired) electrons. The van der Waals surface area contributed by atoms with E-state index in [2.05, 4.69) is 10.2 Å². The number of esters is 1. The molecule has 0 saturated carbocycles. The van der Waals surface area contributed by atoms with Gasteiger partial charge in [-0.05, 0) is 49.2 Å². The lowest BCUT2D eigenvalue weighted by Gasteiger charge is -2.36. The summed E-state index contributed by atoms with van der Waals surface area (Å²) in [6.45, 7) is 3.86. The molecule has 0 saturated heterocycles. The van der Waals surface area contributed by atoms with Gasteiger partial charge in [-0.25, -0.2) is 14.2 Å². The van der Waals surface area contributed by atoms with E-state index in [-0.39, 0.29) is 12.4 Å². The van der Waals surface area contributed by atoms with E-state index in [4.69, 9.17) is 9.73 Å². The topological polar surface area (TPSA) is 70.6 Å². The Morgan fingerprint density at radius 3 is 2.64 bits per heavy atom. The van der Waals surface area contributed by atoms with Gasteiger partial charge in [0.05, 0.1) is 41.5 Å². The van der Waals surface area contributed by atoms with Crippen LogP contribution in [0.3, 0.4) is 0 Å². The van der Waals surface area contributed by atoms with Gasteiger partial charge < -0.3 is 9.64 Å². The summed E-state index contributed by atoms with van der Waals surface area (Å²) in [6.07, 6.45) is 1.74. The molecule has 1 N–H and O–H groups in total. The zero-order valence-electron chi connectivity index (χ0n) is 18.1. The van der Waals surface area contributed by atoms with Crippen molar-refractivity contribution in [2.75, 3.05) is 6.61 Å². The lowest BCUT2D eigenvalue weighted by molar-refractivity contribution is -0.139. The third-order valence-corrected chi connectivity index (χ3v) is 6.43. The van der Waals surface area contributed by atoms with Crippen LogP contribution in [0.25, 0.3) is 17.0 Å². The van der Waals surface area contributed by atoms with Gasteiger partial charge in [0.1, 0.15) is 5.82 Å². The zero-order valence-corrected chi connectivity index (χ0v) is 18.9. The molecule has 2 aliphatic rings. The molecule has 1 aromatic heterocycles. The van der Waals surface area contributed by atoms with Crippen LogP contribution in [0.2, 0.25) is 0 Å². The summed E-state index contributed by atoms with van der Waals surface area (Å²) in [4.78, 5) is 19.9. The summed E-state index contributed by atoms with van der Waals surface area (Å²) in [5.74, 6) is -0.725. The molecule has 1 atom stereocenters. The van der Waals surface area contributed by atoms with E-state index in [1.165, 1.54) is 23.9 Å². The summed E-state index contributed by atoms with van der Waals surface area (Å²) in [5, 5.41) is 10.1. The van der Waals surface area contributed by atoms with Gasteiger partial charge in [0.2, 0.25) is 0 Å². The fourth-order valence-corrected chi connectivity index (χ4v) is 5.09. The van der Waals surface area contributed by atoms with Gasteiger partial charge in [0.25, 0.3) is 0 Å². The predicted octanol–water partition coefficient (Wildman–Crippen LogP) is 5.51. The van der Waals surface area contributed by atoms with Crippen molar-refractivity contribution in [3.8, 4) is 11.3 Å². The van der Waals surface area contributed by atoms with Crippen molar-refractivity contribution in [2.24, 2.45) is 4.99 Å². The van der Waals surface area contributed by atoms with Gasteiger partial charge in [0, 0.05) is 11.0 Å². The zero-order chi connectivity index (χ0) is 22.9. The molecule has 0 spiro atoms. The van der Waals surface area contributed by atoms with Crippen LogP contribution in [0, 0.1) is 5.82 Å². The Hall–Kier alpha value is -3.65. The van der Waals surface area contributed by atoms with Crippen LogP contribution >= 0.6 is 11.8 Å². The van der Waals surface area contributed by atoms with Gasteiger partial charge >= 0.3 is 5.97 Å². The fourth-order valence-electron chi connectivity index (χ4n) is 4.11. The molecule has 0 bridgehead atoms. The van der Waals surface area contributed by atoms with Crippen molar-refractivity contribution < 1.29 is 13.9 Å². The molecule has 166 valence electrons. The normalized spacial score (nSPS) is 17.5. The van der Waals surface area contributed by atoms with E-state index < -0.39 is 12.0 Å². The Morgan fingerprint density at radius 1 is 1.15 bits per heavy atom. The van der Waals surface area contributed by atoms with Gasteiger partial charge in [-0.2, -0.15) is 5.10 Å². The molecule has 33 heavy (non-hydrogen) atoms. The summed E-state index contributed by atoms with van der Waals surface area (Å²) in [6, 6.07) is 15.6. The number of carbonyl (C=O) groups excluding carboxylic acids is 1. The highest BCUT2D eigenvalue weighted by Gasteiger charge is 2.42. The molecule has 8 heteroatoms. The number of aliphatic imine (C=N–C) groups is 1. The highest BCUT2D eigenvalue weighted by Crippen LogP contribution is 2.48. The van der Waals surface area contributed by atoms with Crippen LogP contribution in [0.15, 0.2) is 82.5 Å². The van der Waals surface area contributed by atoms with Gasteiger partial charge in [-0.15, -0.1) is 0 Å². The average molecular weight is 461 g/mol. The van der Waals surface area contributed by atoms with Gasteiger partial charge in [0.15, 0.2) is 5.17 Å². The number of ether oxygens (including phenoxy) is 1. The largest absolute Gasteiger partial charge is 0.463 e. The molecule has 0 fully saturated rings. The fraction of sp³-hybridized carbons (Fsp3) is 0.160. The number of rotatable bonds is 5. The van der Waals surface area contributed by atoms with E-state index in [1.54, 1.807) is 25.3 Å². The number of fused-ring (bicyclic) bond motifs is 1. The number of nitrogens with one attached hydrogen (secondary N) is 1. The van der Waals surface area contributed by atoms with Crippen LogP contribution in [-0.2, 0) is 9.53 Å². The highest BCUT2D eigenvalue weighted by molar-refractivity contribution is 8.16. The molecule has 2 aliphatic heterocycles. The third kappa shape index (κ3) is 3.76. The van der Waals surface area contributed by atoms with E-state index in [0.717, 1.165) is 33.2 Å². The number of aromatic nitrogens is 2. The smallest absolute Gasteiger partial charge is 0.338 e. The molecule has 5 rings (SSSR count). The molecule has 0 aliphatic carbocycles. The monoisotopic (exact) mass is 460 g/mol. The van der Waals surface area contributed by atoms with E-state index in [1.807, 2.05) is 47.6 Å². The minimum atomic E-state index is -0.517. The quantitative estimate of drug-likeness (QED) is 0.509. The standard InChI is InChI=1S/C25H21FN4O2S/c1-3-32-24(31)21-15(2)28-25-30(20(14-33-25)16-9-11-18(26)12-10-16)23(21)19-13-27-29-22(19)17-7-5-4-6-8-17/h4-14,23H,3H2,1-2H3,(H,27,29)/t23-/m0/s1. The van der Waals surface area contributed by atoms with Crippen molar-refractivity contribution in [3.05, 3.63) is 94.4 Å². The van der Waals surface area contributed by atoms with Gasteiger partial charge in [-0.3, -0.25) is 5.10 Å². The second-order valence-electron chi connectivity index (χ2n) is 7.58. The van der Waals surface area contributed by atoms with E-state index in [0.29, 0.717) is 11.3 Å². The predicted molar refractivity (Wildman–Crippen MR) is 127 cm³/mol. The van der Waals surface area contributed by atoms with Crippen LogP contribution in [0.4, 0.5) is 4.39 Å². The number of thioether (sulfide) groups is 1. The summed E-state index contributed by atoms with van der Waals surface area (Å²) in [5.41, 5.74) is 5.30. The summed E-state index contributed by atoms with van der Waals surface area (Å²) >= 11 is 1.47. The van der Waals surface area contributed by atoms with Gasteiger partial charge in [-0.1, -0.05) is 42.1 Å². The maximum absolute atomic E-state index is 13.6. The first-order chi connectivity index (χ1) is 16.1. The molecule has 6 nitrogen and oxygen atoms in total. The third-order valence-electron chi connectivity index (χ3n) is 5.59. The number of halogens is 1. The first-order valence-electron chi connectivity index (χ1n) is 10.6. The highest BCUT2D eigenvalue weighted by atomic mass is 32.2. The van der Waals surface area contributed by atoms with E-state index >= 15 is 0 Å². The Balaban J connectivity index is 1.68. The lowest BCUT2D eigenvalue weighted by Crippen LogP contribution is -2.36. The van der Waals surface area contributed by atoms with Crippen LogP contribution in [-0.4, -0.2) is 32.8 Å². The number of H-pyrrole nitrogens is 1. The number of amidine groups is 1. The second-order valence-corrected chi connectivity index (χ2v) is 8.42. The first kappa shape index (κ1) is 21.2. The van der Waals surface area contributed by atoms with Crippen molar-refractivity contribution >= 4 is 28.6 Å². The van der Waals surface area contributed by atoms with E-state index in [9.17, 15) is 9.18 Å². The Bertz CT molecular complexity index is 1300. The molecular weight excluding hydrogens is 439 g/mol. The number of nitrogens with zero attached hydrogens (tertiary/aromatic N) is 3. The number of allylic oxidation sites excluding steroid dienone is 1. The number of hydrogen-bond donors (Lipinski definition) is 1. The first-order valence-corrected chi connectivity index (χ1v) is 11.4. The molecule has 0 unspecified atom stereocenters. The van der Waals surface area contributed by atoms with Crippen LogP contribution in [0.5, 0.6) is 0 Å². The minimum Gasteiger partial charge on any atom is -0.463 e. The number of benzene rings is 2. The Kier molecular flexibility index (Phi) is 5.60. The number of aromatic amines is 1. The molecule has 0 amide bonds. The molecular formula is C25H21FN4O2S. The summed E-state index contributed by atoms with van der Waals surface area (Å²) < 4.78 is 19.0. The maximum Gasteiger partial charge on any atom is 0.338 e. The summed E-state index contributed by atoms with van der Waals surface area (Å²) in [7, 11) is 0. The molecule has 3 aromatic rings. The number of hydrogen-bond acceptors (Lipinski definition) is 6. The average Bonchev–Trinajstić information content (AvgIpc) is 3.47. The molecule has 3 heterocycles. The Morgan fingerprint density at radius 2 is 1.91 bits per heavy atom.